The van der Waals surface area contributed by atoms with Crippen LogP contribution in [0.5, 0.6) is 0 Å². The Morgan fingerprint density at radius 3 is 2.38 bits per heavy atom. The molecule has 0 fully saturated rings. The lowest BCUT2D eigenvalue weighted by atomic mass is 10.2. The van der Waals surface area contributed by atoms with Gasteiger partial charge in [-0.05, 0) is 30.3 Å². The van der Waals surface area contributed by atoms with E-state index in [9.17, 15) is 8.42 Å². The van der Waals surface area contributed by atoms with E-state index in [0.717, 1.165) is 11.4 Å². The molecular formula is C14H18N4O2S. The minimum absolute atomic E-state index is 0.0210. The fourth-order valence-electron chi connectivity index (χ4n) is 1.98. The van der Waals surface area contributed by atoms with Gasteiger partial charge in [0.25, 0.3) is 0 Å². The Labute approximate surface area is 124 Å². The van der Waals surface area contributed by atoms with Crippen molar-refractivity contribution < 1.29 is 8.42 Å². The first-order chi connectivity index (χ1) is 9.77. The molecule has 0 unspecified atom stereocenters. The highest BCUT2D eigenvalue weighted by molar-refractivity contribution is 7.89. The van der Waals surface area contributed by atoms with Crippen molar-refractivity contribution >= 4 is 32.8 Å². The molecule has 0 bridgehead atoms. The number of primary sulfonamides is 1. The first-order valence-electron chi connectivity index (χ1n) is 6.24. The quantitative estimate of drug-likeness (QED) is 0.747. The van der Waals surface area contributed by atoms with Crippen LogP contribution in [0.4, 0.5) is 22.7 Å². The molecule has 0 spiro atoms. The Balaban J connectivity index is 2.43. The lowest BCUT2D eigenvalue weighted by Crippen LogP contribution is -2.13. The summed E-state index contributed by atoms with van der Waals surface area (Å²) in [5, 5.41) is 8.31. The zero-order valence-electron chi connectivity index (χ0n) is 11.9. The molecule has 0 atom stereocenters. The summed E-state index contributed by atoms with van der Waals surface area (Å²) < 4.78 is 22.9. The molecule has 2 aromatic carbocycles. The standard InChI is InChI=1S/C14H18N4O2S/c1-18(2)14-6-4-3-5-13(14)17-11-7-10(15)8-12(9-11)21(16,19)20/h3-9,17H,15H2,1-2H3,(H2,16,19,20). The Morgan fingerprint density at radius 2 is 1.76 bits per heavy atom. The van der Waals surface area contributed by atoms with Crippen LogP contribution in [0.2, 0.25) is 0 Å². The maximum atomic E-state index is 11.5. The molecule has 0 heterocycles. The summed E-state index contributed by atoms with van der Waals surface area (Å²) >= 11 is 0. The first-order valence-corrected chi connectivity index (χ1v) is 7.79. The molecule has 21 heavy (non-hydrogen) atoms. The number of hydrogen-bond acceptors (Lipinski definition) is 5. The highest BCUT2D eigenvalue weighted by Crippen LogP contribution is 2.29. The SMILES string of the molecule is CN(C)c1ccccc1Nc1cc(N)cc(S(N)(=O)=O)c1. The van der Waals surface area contributed by atoms with Crippen LogP contribution in [0.1, 0.15) is 0 Å². The molecule has 0 aliphatic carbocycles. The summed E-state index contributed by atoms with van der Waals surface area (Å²) in [4.78, 5) is 1.93. The fraction of sp³-hybridized carbons (Fsp3) is 0.143. The predicted octanol–water partition coefficient (Wildman–Crippen LogP) is 1.73. The summed E-state index contributed by atoms with van der Waals surface area (Å²) in [5.74, 6) is 0. The molecule has 2 rings (SSSR count). The van der Waals surface area contributed by atoms with Crippen LogP contribution >= 0.6 is 0 Å². The van der Waals surface area contributed by atoms with E-state index >= 15 is 0 Å². The second-order valence-electron chi connectivity index (χ2n) is 4.87. The predicted molar refractivity (Wildman–Crippen MR) is 86.3 cm³/mol. The van der Waals surface area contributed by atoms with Gasteiger partial charge in [-0.2, -0.15) is 0 Å². The lowest BCUT2D eigenvalue weighted by molar-refractivity contribution is 0.598. The largest absolute Gasteiger partial charge is 0.399 e. The summed E-state index contributed by atoms with van der Waals surface area (Å²) in [6.45, 7) is 0. The number of nitrogens with zero attached hydrogens (tertiary/aromatic N) is 1. The molecule has 6 nitrogen and oxygen atoms in total. The molecule has 0 aromatic heterocycles. The van der Waals surface area contributed by atoms with Crippen LogP contribution in [0.25, 0.3) is 0 Å². The number of hydrogen-bond donors (Lipinski definition) is 3. The maximum Gasteiger partial charge on any atom is 0.238 e. The molecule has 0 radical (unpaired) electrons. The Kier molecular flexibility index (Phi) is 4.06. The number of para-hydroxylation sites is 2. The Morgan fingerprint density at radius 1 is 1.10 bits per heavy atom. The van der Waals surface area contributed by atoms with Gasteiger partial charge in [0.05, 0.1) is 16.3 Å². The van der Waals surface area contributed by atoms with Crippen LogP contribution in [-0.2, 0) is 10.0 Å². The van der Waals surface area contributed by atoms with Crippen molar-refractivity contribution in [2.75, 3.05) is 30.0 Å². The van der Waals surface area contributed by atoms with Gasteiger partial charge in [-0.15, -0.1) is 0 Å². The molecule has 0 saturated heterocycles. The smallest absolute Gasteiger partial charge is 0.238 e. The summed E-state index contributed by atoms with van der Waals surface area (Å²) in [7, 11) is 0.0555. The van der Waals surface area contributed by atoms with E-state index in [0.29, 0.717) is 11.4 Å². The minimum atomic E-state index is -3.80. The maximum absolute atomic E-state index is 11.5. The molecule has 0 aliphatic heterocycles. The molecule has 112 valence electrons. The van der Waals surface area contributed by atoms with Crippen molar-refractivity contribution in [3.8, 4) is 0 Å². The third-order valence-corrected chi connectivity index (χ3v) is 3.82. The number of nitrogens with one attached hydrogen (secondary N) is 1. The second-order valence-corrected chi connectivity index (χ2v) is 6.43. The molecule has 0 aliphatic rings. The van der Waals surface area contributed by atoms with Gasteiger partial charge in [-0.25, -0.2) is 13.6 Å². The number of sulfonamides is 1. The normalized spacial score (nSPS) is 11.2. The van der Waals surface area contributed by atoms with Gasteiger partial charge >= 0.3 is 0 Å². The van der Waals surface area contributed by atoms with Gasteiger partial charge in [0, 0.05) is 25.5 Å². The average molecular weight is 306 g/mol. The van der Waals surface area contributed by atoms with E-state index in [4.69, 9.17) is 10.9 Å². The van der Waals surface area contributed by atoms with E-state index in [1.54, 1.807) is 6.07 Å². The van der Waals surface area contributed by atoms with Crippen LogP contribution in [-0.4, -0.2) is 22.5 Å². The Hall–Kier alpha value is -2.25. The van der Waals surface area contributed by atoms with E-state index in [-0.39, 0.29) is 4.90 Å². The van der Waals surface area contributed by atoms with Gasteiger partial charge < -0.3 is 16.0 Å². The van der Waals surface area contributed by atoms with E-state index in [2.05, 4.69) is 5.32 Å². The molecule has 5 N–H and O–H groups in total. The number of anilines is 4. The molecule has 0 saturated carbocycles. The number of nitrogens with two attached hydrogens (primary N) is 2. The number of benzene rings is 2. The zero-order chi connectivity index (χ0) is 15.6. The fourth-order valence-corrected chi connectivity index (χ4v) is 2.57. The third kappa shape index (κ3) is 3.65. The van der Waals surface area contributed by atoms with E-state index in [1.165, 1.54) is 12.1 Å². The van der Waals surface area contributed by atoms with Crippen molar-refractivity contribution in [2.45, 2.75) is 4.90 Å². The van der Waals surface area contributed by atoms with Crippen molar-refractivity contribution in [3.05, 3.63) is 42.5 Å². The molecule has 2 aromatic rings. The molecule has 0 amide bonds. The highest BCUT2D eigenvalue weighted by atomic mass is 32.2. The van der Waals surface area contributed by atoms with E-state index in [1.807, 2.05) is 43.3 Å². The Bertz CT molecular complexity index is 757. The summed E-state index contributed by atoms with van der Waals surface area (Å²) in [6.07, 6.45) is 0. The number of rotatable bonds is 4. The first kappa shape index (κ1) is 15.1. The van der Waals surface area contributed by atoms with Crippen LogP contribution in [0.3, 0.4) is 0 Å². The van der Waals surface area contributed by atoms with Gasteiger partial charge in [0.1, 0.15) is 0 Å². The van der Waals surface area contributed by atoms with Gasteiger partial charge in [0.2, 0.25) is 10.0 Å². The van der Waals surface area contributed by atoms with Gasteiger partial charge in [0.15, 0.2) is 0 Å². The second kappa shape index (κ2) is 5.63. The monoisotopic (exact) mass is 306 g/mol. The van der Waals surface area contributed by atoms with Gasteiger partial charge in [-0.3, -0.25) is 0 Å². The number of nitrogen functional groups attached to an aromatic ring is 1. The van der Waals surface area contributed by atoms with Crippen molar-refractivity contribution in [1.82, 2.24) is 0 Å². The van der Waals surface area contributed by atoms with Gasteiger partial charge in [-0.1, -0.05) is 12.1 Å². The summed E-state index contributed by atoms with van der Waals surface area (Å²) in [5.41, 5.74) is 8.44. The lowest BCUT2D eigenvalue weighted by Gasteiger charge is -2.18. The highest BCUT2D eigenvalue weighted by Gasteiger charge is 2.11. The summed E-state index contributed by atoms with van der Waals surface area (Å²) in [6, 6.07) is 12.1. The van der Waals surface area contributed by atoms with Crippen LogP contribution in [0, 0.1) is 0 Å². The van der Waals surface area contributed by atoms with Crippen molar-refractivity contribution in [1.29, 1.82) is 0 Å². The molecule has 7 heteroatoms. The van der Waals surface area contributed by atoms with Crippen molar-refractivity contribution in [2.24, 2.45) is 5.14 Å². The van der Waals surface area contributed by atoms with Crippen LogP contribution in [0.15, 0.2) is 47.4 Å². The minimum Gasteiger partial charge on any atom is -0.399 e. The zero-order valence-corrected chi connectivity index (χ0v) is 12.7. The topological polar surface area (TPSA) is 101 Å². The average Bonchev–Trinajstić information content (AvgIpc) is 2.37. The third-order valence-electron chi connectivity index (χ3n) is 2.92. The molecular weight excluding hydrogens is 288 g/mol. The van der Waals surface area contributed by atoms with E-state index < -0.39 is 10.0 Å². The van der Waals surface area contributed by atoms with Crippen molar-refractivity contribution in [3.63, 3.8) is 0 Å². The van der Waals surface area contributed by atoms with Crippen LogP contribution < -0.4 is 21.1 Å².